The van der Waals surface area contributed by atoms with E-state index in [4.69, 9.17) is 0 Å². The summed E-state index contributed by atoms with van der Waals surface area (Å²) in [5.74, 6) is -0.0299. The maximum atomic E-state index is 12.8. The molecule has 1 aliphatic heterocycles. The smallest absolute Gasteiger partial charge is 0.284 e. The second kappa shape index (κ2) is 8.37. The molecule has 1 atom stereocenters. The first kappa shape index (κ1) is 20.2. The summed E-state index contributed by atoms with van der Waals surface area (Å²) in [7, 11) is 0. The molecule has 1 amide bonds. The first-order valence-corrected chi connectivity index (χ1v) is 10.3. The zero-order chi connectivity index (χ0) is 19.8. The summed E-state index contributed by atoms with van der Waals surface area (Å²) < 4.78 is 1.31. The Morgan fingerprint density at radius 3 is 2.87 bits per heavy atom. The van der Waals surface area contributed by atoms with E-state index in [0.717, 1.165) is 24.9 Å². The van der Waals surface area contributed by atoms with Crippen LogP contribution in [0.4, 0.5) is 5.13 Å². The summed E-state index contributed by atoms with van der Waals surface area (Å²) in [6, 6.07) is 12.9. The molecule has 1 fully saturated rings. The van der Waals surface area contributed by atoms with Gasteiger partial charge < -0.3 is 10.2 Å². The minimum absolute atomic E-state index is 0. The third kappa shape index (κ3) is 3.61. The summed E-state index contributed by atoms with van der Waals surface area (Å²) >= 11 is 1.31. The van der Waals surface area contributed by atoms with Crippen molar-refractivity contribution in [2.75, 3.05) is 11.4 Å². The Labute approximate surface area is 182 Å². The fourth-order valence-corrected chi connectivity index (χ4v) is 4.58. The molecule has 0 spiro atoms. The molecule has 154 valence electrons. The molecule has 4 aromatic rings. The SMILES string of the molecule is Cl.O=C(NCc1ccccc1)[C@H]1CCCN1c1nn2c(=O)c3cccnc3nc2s1. The van der Waals surface area contributed by atoms with E-state index in [1.54, 1.807) is 18.3 Å². The molecule has 4 heterocycles. The molecule has 1 N–H and O–H groups in total. The zero-order valence-corrected chi connectivity index (χ0v) is 17.5. The van der Waals surface area contributed by atoms with Crippen molar-refractivity contribution in [2.45, 2.75) is 25.4 Å². The van der Waals surface area contributed by atoms with Crippen LogP contribution in [0.15, 0.2) is 53.5 Å². The largest absolute Gasteiger partial charge is 0.350 e. The predicted octanol–water partition coefficient (Wildman–Crippen LogP) is 2.41. The van der Waals surface area contributed by atoms with E-state index in [0.29, 0.717) is 27.7 Å². The molecule has 3 aromatic heterocycles. The zero-order valence-electron chi connectivity index (χ0n) is 15.9. The van der Waals surface area contributed by atoms with Crippen molar-refractivity contribution >= 4 is 50.8 Å². The third-order valence-electron chi connectivity index (χ3n) is 5.07. The minimum Gasteiger partial charge on any atom is -0.350 e. The lowest BCUT2D eigenvalue weighted by Gasteiger charge is -2.22. The maximum absolute atomic E-state index is 12.8. The molecular weight excluding hydrogens is 424 g/mol. The Morgan fingerprint density at radius 2 is 2.03 bits per heavy atom. The van der Waals surface area contributed by atoms with E-state index in [1.165, 1.54) is 15.9 Å². The van der Waals surface area contributed by atoms with Crippen molar-refractivity contribution in [3.63, 3.8) is 0 Å². The van der Waals surface area contributed by atoms with Gasteiger partial charge in [0.1, 0.15) is 6.04 Å². The Balaban J connectivity index is 0.00000218. The number of carbonyl (C=O) groups excluding carboxylic acids is 1. The van der Waals surface area contributed by atoms with Crippen LogP contribution in [0, 0.1) is 0 Å². The number of aromatic nitrogens is 4. The van der Waals surface area contributed by atoms with Crippen LogP contribution in [-0.2, 0) is 11.3 Å². The quantitative estimate of drug-likeness (QED) is 0.521. The summed E-state index contributed by atoms with van der Waals surface area (Å²) in [5.41, 5.74) is 1.22. The van der Waals surface area contributed by atoms with E-state index in [1.807, 2.05) is 35.2 Å². The fraction of sp³-hybridized carbons (Fsp3) is 0.250. The van der Waals surface area contributed by atoms with Gasteiger partial charge >= 0.3 is 0 Å². The lowest BCUT2D eigenvalue weighted by molar-refractivity contribution is -0.122. The van der Waals surface area contributed by atoms with Crippen LogP contribution in [0.2, 0.25) is 0 Å². The highest BCUT2D eigenvalue weighted by molar-refractivity contribution is 7.20. The molecule has 5 rings (SSSR count). The Morgan fingerprint density at radius 1 is 1.20 bits per heavy atom. The number of fused-ring (bicyclic) bond motifs is 2. The number of hydrogen-bond donors (Lipinski definition) is 1. The molecule has 0 radical (unpaired) electrons. The lowest BCUT2D eigenvalue weighted by atomic mass is 10.2. The van der Waals surface area contributed by atoms with Gasteiger partial charge in [0.05, 0.1) is 5.39 Å². The van der Waals surface area contributed by atoms with Gasteiger partial charge in [0.2, 0.25) is 16.0 Å². The minimum atomic E-state index is -0.303. The number of halogens is 1. The van der Waals surface area contributed by atoms with E-state index >= 15 is 0 Å². The highest BCUT2D eigenvalue weighted by Gasteiger charge is 2.33. The van der Waals surface area contributed by atoms with Crippen molar-refractivity contribution in [1.29, 1.82) is 0 Å². The molecule has 0 saturated carbocycles. The predicted molar refractivity (Wildman–Crippen MR) is 118 cm³/mol. The first-order valence-electron chi connectivity index (χ1n) is 9.43. The number of hydrogen-bond acceptors (Lipinski definition) is 7. The number of anilines is 1. The van der Waals surface area contributed by atoms with Crippen molar-refractivity contribution in [2.24, 2.45) is 0 Å². The van der Waals surface area contributed by atoms with Gasteiger partial charge in [0.25, 0.3) is 5.56 Å². The summed E-state index contributed by atoms with van der Waals surface area (Å²) in [4.78, 5) is 36.6. The van der Waals surface area contributed by atoms with Crippen LogP contribution in [0.25, 0.3) is 16.0 Å². The molecule has 0 aliphatic carbocycles. The van der Waals surface area contributed by atoms with E-state index in [9.17, 15) is 9.59 Å². The molecule has 1 aliphatic rings. The standard InChI is InChI=1S/C20H18N6O2S.ClH/c27-17(22-12-13-6-2-1-3-7-13)15-9-5-11-25(15)20-24-26-18(28)14-8-4-10-21-16(14)23-19(26)29-20;/h1-4,6-8,10,15H,5,9,11-12H2,(H,22,27);1H/t15-;/m1./s1. The normalized spacial score (nSPS) is 16.0. The third-order valence-corrected chi connectivity index (χ3v) is 6.02. The molecular formula is C20H19ClN6O2S. The van der Waals surface area contributed by atoms with Crippen LogP contribution in [-0.4, -0.2) is 38.1 Å². The number of nitrogens with zero attached hydrogens (tertiary/aromatic N) is 5. The maximum Gasteiger partial charge on any atom is 0.284 e. The number of carbonyl (C=O) groups is 1. The second-order valence-electron chi connectivity index (χ2n) is 6.93. The second-order valence-corrected chi connectivity index (χ2v) is 7.86. The average molecular weight is 443 g/mol. The Hall–Kier alpha value is -3.04. The highest BCUT2D eigenvalue weighted by Crippen LogP contribution is 2.29. The summed E-state index contributed by atoms with van der Waals surface area (Å²) in [6.07, 6.45) is 3.26. The van der Waals surface area contributed by atoms with Crippen molar-refractivity contribution in [3.8, 4) is 0 Å². The molecule has 10 heteroatoms. The van der Waals surface area contributed by atoms with Crippen LogP contribution in [0.3, 0.4) is 0 Å². The lowest BCUT2D eigenvalue weighted by Crippen LogP contribution is -2.43. The summed E-state index contributed by atoms with van der Waals surface area (Å²) in [5, 5.41) is 8.55. The van der Waals surface area contributed by atoms with Crippen molar-refractivity contribution < 1.29 is 4.79 Å². The Bertz CT molecular complexity index is 1260. The van der Waals surface area contributed by atoms with Crippen LogP contribution < -0.4 is 15.8 Å². The molecule has 0 bridgehead atoms. The number of pyridine rings is 1. The average Bonchev–Trinajstić information content (AvgIpc) is 3.40. The fourth-order valence-electron chi connectivity index (χ4n) is 3.62. The van der Waals surface area contributed by atoms with Crippen molar-refractivity contribution in [1.82, 2.24) is 24.9 Å². The van der Waals surface area contributed by atoms with Crippen LogP contribution >= 0.6 is 23.7 Å². The first-order chi connectivity index (χ1) is 14.2. The van der Waals surface area contributed by atoms with E-state index < -0.39 is 0 Å². The van der Waals surface area contributed by atoms with Gasteiger partial charge in [0, 0.05) is 19.3 Å². The molecule has 1 saturated heterocycles. The molecule has 1 aromatic carbocycles. The van der Waals surface area contributed by atoms with Crippen molar-refractivity contribution in [3.05, 3.63) is 64.6 Å². The van der Waals surface area contributed by atoms with Gasteiger partial charge in [-0.15, -0.1) is 17.5 Å². The van der Waals surface area contributed by atoms with Gasteiger partial charge in [-0.25, -0.2) is 4.98 Å². The topological polar surface area (TPSA) is 92.5 Å². The van der Waals surface area contributed by atoms with Gasteiger partial charge in [-0.1, -0.05) is 41.7 Å². The van der Waals surface area contributed by atoms with E-state index in [2.05, 4.69) is 20.4 Å². The number of amides is 1. The molecule has 8 nitrogen and oxygen atoms in total. The van der Waals surface area contributed by atoms with Gasteiger partial charge in [0.15, 0.2) is 5.65 Å². The number of nitrogens with one attached hydrogen (secondary N) is 1. The monoisotopic (exact) mass is 442 g/mol. The molecule has 30 heavy (non-hydrogen) atoms. The van der Waals surface area contributed by atoms with Gasteiger partial charge in [-0.2, -0.15) is 9.50 Å². The highest BCUT2D eigenvalue weighted by atomic mass is 35.5. The van der Waals surface area contributed by atoms with E-state index in [-0.39, 0.29) is 29.9 Å². The Kier molecular flexibility index (Phi) is 5.65. The number of rotatable bonds is 4. The number of benzene rings is 1. The molecule has 0 unspecified atom stereocenters. The van der Waals surface area contributed by atoms with Gasteiger partial charge in [-0.05, 0) is 30.5 Å². The van der Waals surface area contributed by atoms with Crippen LogP contribution in [0.1, 0.15) is 18.4 Å². The summed E-state index contributed by atoms with van der Waals surface area (Å²) in [6.45, 7) is 1.21. The van der Waals surface area contributed by atoms with Gasteiger partial charge in [-0.3, -0.25) is 9.59 Å². The van der Waals surface area contributed by atoms with Crippen LogP contribution in [0.5, 0.6) is 0 Å².